The lowest BCUT2D eigenvalue weighted by atomic mass is 10.1. The number of hydrogen-bond acceptors (Lipinski definition) is 6. The molecule has 1 aliphatic carbocycles. The van der Waals surface area contributed by atoms with Crippen LogP contribution < -0.4 is 10.1 Å². The number of fused-ring (bicyclic) bond motifs is 1. The number of aromatic nitrogens is 6. The van der Waals surface area contributed by atoms with E-state index in [1.165, 1.54) is 12.3 Å². The summed E-state index contributed by atoms with van der Waals surface area (Å²) in [5.74, 6) is 0.504. The number of imidazole rings is 2. The van der Waals surface area contributed by atoms with Crippen LogP contribution in [0.2, 0.25) is 0 Å². The third-order valence-electron chi connectivity index (χ3n) is 6.01. The molecule has 6 rings (SSSR count). The predicted molar refractivity (Wildman–Crippen MR) is 139 cm³/mol. The predicted octanol–water partition coefficient (Wildman–Crippen LogP) is 6.56. The van der Waals surface area contributed by atoms with Gasteiger partial charge >= 0.3 is 6.18 Å². The van der Waals surface area contributed by atoms with Gasteiger partial charge in [-0.3, -0.25) is 9.97 Å². The van der Waals surface area contributed by atoms with E-state index < -0.39 is 17.7 Å². The Bertz CT molecular complexity index is 1890. The fourth-order valence-corrected chi connectivity index (χ4v) is 4.02. The van der Waals surface area contributed by atoms with Gasteiger partial charge in [-0.1, -0.05) is 5.73 Å². The fraction of sp³-hybridized carbons (Fsp3) is 0.0714. The summed E-state index contributed by atoms with van der Waals surface area (Å²) >= 11 is 0. The molecule has 4 heterocycles. The Morgan fingerprint density at radius 1 is 0.975 bits per heavy atom. The number of aromatic amines is 1. The second kappa shape index (κ2) is 9.70. The molecular weight excluding hydrogens is 526 g/mol. The Morgan fingerprint density at radius 3 is 2.55 bits per heavy atom. The molecule has 4 aromatic heterocycles. The number of allylic oxidation sites excluding steroid dienone is 3. The SMILES string of the molecule is Cn1c(NC2=CC(c3ccncc3)=C=C=C2F)nc2cc(Oc3ccnc(-c4ncc(C(F)(F)F)[nH]4)c3)ccc21. The monoisotopic (exact) mass is 543 g/mol. The molecule has 0 amide bonds. The lowest BCUT2D eigenvalue weighted by molar-refractivity contribution is -0.140. The van der Waals surface area contributed by atoms with Gasteiger partial charge in [-0.25, -0.2) is 9.97 Å². The molecule has 2 N–H and O–H groups in total. The maximum atomic E-state index is 14.6. The summed E-state index contributed by atoms with van der Waals surface area (Å²) in [5.41, 5.74) is 7.47. The molecule has 12 heteroatoms. The average molecular weight is 543 g/mol. The lowest BCUT2D eigenvalue weighted by Crippen LogP contribution is -2.06. The van der Waals surface area contributed by atoms with Crippen LogP contribution in [0.3, 0.4) is 0 Å². The highest BCUT2D eigenvalue weighted by molar-refractivity contribution is 5.82. The second-order valence-corrected chi connectivity index (χ2v) is 8.66. The first kappa shape index (κ1) is 24.9. The van der Waals surface area contributed by atoms with Crippen molar-refractivity contribution in [1.29, 1.82) is 0 Å². The van der Waals surface area contributed by atoms with Gasteiger partial charge in [0, 0.05) is 43.3 Å². The van der Waals surface area contributed by atoms with Crippen LogP contribution in [0.15, 0.2) is 96.3 Å². The number of nitrogens with one attached hydrogen (secondary N) is 2. The van der Waals surface area contributed by atoms with Crippen molar-refractivity contribution in [3.8, 4) is 23.0 Å². The molecule has 0 atom stereocenters. The number of pyridine rings is 2. The third kappa shape index (κ3) is 4.88. The number of nitrogens with zero attached hydrogens (tertiary/aromatic N) is 5. The molecule has 0 fully saturated rings. The molecule has 40 heavy (non-hydrogen) atoms. The summed E-state index contributed by atoms with van der Waals surface area (Å²) in [7, 11) is 1.78. The molecular formula is C28H17F4N7O. The maximum Gasteiger partial charge on any atom is 0.432 e. The summed E-state index contributed by atoms with van der Waals surface area (Å²) in [4.78, 5) is 18.6. The standard InChI is InChI=1S/C28H17F4N7O/c1-39-24-5-3-18(40-19-8-11-34-23(14-19)26-35-15-25(38-26)28(30,31)32)13-22(24)37-27(39)36-21-12-17(2-4-20(21)29)16-6-9-33-10-7-16/h3,5-15H,1H3,(H,35,38)(H,36,37). The van der Waals surface area contributed by atoms with Crippen molar-refractivity contribution in [1.82, 2.24) is 29.5 Å². The minimum atomic E-state index is -4.55. The Balaban J connectivity index is 1.24. The first-order chi connectivity index (χ1) is 19.2. The van der Waals surface area contributed by atoms with Crippen LogP contribution in [0.4, 0.5) is 23.5 Å². The van der Waals surface area contributed by atoms with Gasteiger partial charge in [-0.2, -0.15) is 17.6 Å². The maximum absolute atomic E-state index is 14.6. The van der Waals surface area contributed by atoms with Gasteiger partial charge in [0.2, 0.25) is 5.95 Å². The van der Waals surface area contributed by atoms with E-state index in [0.29, 0.717) is 34.7 Å². The van der Waals surface area contributed by atoms with Crippen molar-refractivity contribution >= 4 is 22.6 Å². The first-order valence-corrected chi connectivity index (χ1v) is 11.8. The molecule has 0 saturated carbocycles. The van der Waals surface area contributed by atoms with Crippen LogP contribution in [0.25, 0.3) is 28.1 Å². The number of alkyl halides is 3. The highest BCUT2D eigenvalue weighted by Crippen LogP contribution is 2.32. The summed E-state index contributed by atoms with van der Waals surface area (Å²) < 4.78 is 61.0. The van der Waals surface area contributed by atoms with E-state index in [2.05, 4.69) is 41.7 Å². The topological polar surface area (TPSA) is 93.5 Å². The zero-order valence-corrected chi connectivity index (χ0v) is 20.6. The number of H-pyrrole nitrogens is 1. The lowest BCUT2D eigenvalue weighted by Gasteiger charge is -2.10. The zero-order valence-electron chi connectivity index (χ0n) is 20.6. The van der Waals surface area contributed by atoms with Crippen molar-refractivity contribution in [2.75, 3.05) is 5.32 Å². The third-order valence-corrected chi connectivity index (χ3v) is 6.01. The molecule has 198 valence electrons. The summed E-state index contributed by atoms with van der Waals surface area (Å²) in [6, 6.07) is 11.8. The van der Waals surface area contributed by atoms with Crippen LogP contribution in [0, 0.1) is 0 Å². The molecule has 0 aliphatic heterocycles. The quantitative estimate of drug-likeness (QED) is 0.186. The highest BCUT2D eigenvalue weighted by Gasteiger charge is 2.33. The smallest absolute Gasteiger partial charge is 0.432 e. The molecule has 0 radical (unpaired) electrons. The molecule has 0 spiro atoms. The van der Waals surface area contributed by atoms with Gasteiger partial charge in [0.05, 0.1) is 22.9 Å². The Kier molecular flexibility index (Phi) is 6.03. The van der Waals surface area contributed by atoms with E-state index in [1.807, 2.05) is 0 Å². The Labute approximate surface area is 223 Å². The van der Waals surface area contributed by atoms with E-state index in [-0.39, 0.29) is 17.2 Å². The summed E-state index contributed by atoms with van der Waals surface area (Å²) in [6.45, 7) is 0. The number of hydrogen-bond donors (Lipinski definition) is 2. The van der Waals surface area contributed by atoms with E-state index in [1.54, 1.807) is 66.5 Å². The molecule has 0 saturated heterocycles. The minimum Gasteiger partial charge on any atom is -0.457 e. The molecule has 1 aliphatic rings. The second-order valence-electron chi connectivity index (χ2n) is 8.66. The number of rotatable bonds is 6. The van der Waals surface area contributed by atoms with E-state index >= 15 is 0 Å². The van der Waals surface area contributed by atoms with Crippen molar-refractivity contribution in [2.45, 2.75) is 6.18 Å². The van der Waals surface area contributed by atoms with Gasteiger partial charge in [0.25, 0.3) is 0 Å². The molecule has 8 nitrogen and oxygen atoms in total. The molecule has 0 unspecified atom stereocenters. The van der Waals surface area contributed by atoms with Crippen molar-refractivity contribution < 1.29 is 22.3 Å². The van der Waals surface area contributed by atoms with Gasteiger partial charge in [-0.05, 0) is 47.7 Å². The van der Waals surface area contributed by atoms with Gasteiger partial charge in [-0.15, -0.1) is 0 Å². The summed E-state index contributed by atoms with van der Waals surface area (Å²) in [5, 5.41) is 3.02. The number of anilines is 1. The number of ether oxygens (including phenoxy) is 1. The van der Waals surface area contributed by atoms with Crippen molar-refractivity contribution in [3.63, 3.8) is 0 Å². The fourth-order valence-electron chi connectivity index (χ4n) is 4.02. The van der Waals surface area contributed by atoms with Crippen molar-refractivity contribution in [3.05, 3.63) is 108 Å². The van der Waals surface area contributed by atoms with Crippen LogP contribution in [0.1, 0.15) is 11.3 Å². The first-order valence-electron chi connectivity index (χ1n) is 11.8. The van der Waals surface area contributed by atoms with E-state index in [4.69, 9.17) is 4.74 Å². The Hall–Kier alpha value is -5.44. The van der Waals surface area contributed by atoms with E-state index in [9.17, 15) is 17.6 Å². The number of halogens is 4. The number of aryl methyl sites for hydroxylation is 1. The highest BCUT2D eigenvalue weighted by atomic mass is 19.4. The van der Waals surface area contributed by atoms with E-state index in [0.717, 1.165) is 11.1 Å². The van der Waals surface area contributed by atoms with Crippen LogP contribution in [-0.2, 0) is 13.2 Å². The van der Waals surface area contributed by atoms with Crippen LogP contribution in [-0.4, -0.2) is 29.5 Å². The zero-order chi connectivity index (χ0) is 27.9. The number of benzene rings is 1. The molecule has 5 aromatic rings. The van der Waals surface area contributed by atoms with Gasteiger partial charge < -0.3 is 19.6 Å². The Morgan fingerprint density at radius 2 is 1.77 bits per heavy atom. The van der Waals surface area contributed by atoms with Crippen LogP contribution >= 0.6 is 0 Å². The molecule has 1 aromatic carbocycles. The van der Waals surface area contributed by atoms with Crippen LogP contribution in [0.5, 0.6) is 11.5 Å². The van der Waals surface area contributed by atoms with Gasteiger partial charge in [0.15, 0.2) is 11.7 Å². The summed E-state index contributed by atoms with van der Waals surface area (Å²) in [6.07, 6.45) is 2.47. The van der Waals surface area contributed by atoms with Crippen molar-refractivity contribution in [2.24, 2.45) is 7.05 Å². The van der Waals surface area contributed by atoms with Gasteiger partial charge in [0.1, 0.15) is 22.9 Å². The normalized spacial score (nSPS) is 13.2. The average Bonchev–Trinajstić information content (AvgIpc) is 3.56. The largest absolute Gasteiger partial charge is 0.457 e. The molecule has 0 bridgehead atoms. The minimum absolute atomic E-state index is 0.0382.